The number of aromatic nitrogens is 3. The molecule has 2 N–H and O–H groups in total. The van der Waals surface area contributed by atoms with Gasteiger partial charge in [0.15, 0.2) is 0 Å². The van der Waals surface area contributed by atoms with Crippen molar-refractivity contribution in [1.29, 1.82) is 0 Å². The maximum Gasteiger partial charge on any atom is 0.289 e. The molecule has 22 heavy (non-hydrogen) atoms. The SMILES string of the molecule is CC(C)CCNC(=O)c1nnc2n1CC1(CCNCC1)CC2. The second kappa shape index (κ2) is 6.36. The first kappa shape index (κ1) is 15.5. The van der Waals surface area contributed by atoms with Crippen LogP contribution in [0.2, 0.25) is 0 Å². The number of aryl methyl sites for hydroxylation is 1. The van der Waals surface area contributed by atoms with Crippen molar-refractivity contribution in [2.45, 2.75) is 52.5 Å². The molecule has 3 rings (SSSR count). The van der Waals surface area contributed by atoms with Gasteiger partial charge in [0, 0.05) is 19.5 Å². The fraction of sp³-hybridized carbons (Fsp3) is 0.812. The van der Waals surface area contributed by atoms with Crippen molar-refractivity contribution in [3.8, 4) is 0 Å². The van der Waals surface area contributed by atoms with E-state index in [9.17, 15) is 4.79 Å². The fourth-order valence-electron chi connectivity index (χ4n) is 3.56. The Bertz CT molecular complexity index is 531. The van der Waals surface area contributed by atoms with E-state index in [2.05, 4.69) is 39.2 Å². The summed E-state index contributed by atoms with van der Waals surface area (Å²) < 4.78 is 2.07. The van der Waals surface area contributed by atoms with E-state index >= 15 is 0 Å². The lowest BCUT2D eigenvalue weighted by Crippen LogP contribution is -2.43. The molecule has 1 aromatic heterocycles. The van der Waals surface area contributed by atoms with Crippen LogP contribution < -0.4 is 10.6 Å². The molecule has 1 amide bonds. The van der Waals surface area contributed by atoms with Crippen LogP contribution in [0.4, 0.5) is 0 Å². The predicted octanol–water partition coefficient (Wildman–Crippen LogP) is 1.37. The Morgan fingerprint density at radius 2 is 2.09 bits per heavy atom. The van der Waals surface area contributed by atoms with Gasteiger partial charge in [-0.05, 0) is 50.1 Å². The summed E-state index contributed by atoms with van der Waals surface area (Å²) in [6, 6.07) is 0. The summed E-state index contributed by atoms with van der Waals surface area (Å²) in [6.45, 7) is 8.07. The van der Waals surface area contributed by atoms with E-state index in [4.69, 9.17) is 0 Å². The number of rotatable bonds is 4. The minimum Gasteiger partial charge on any atom is -0.349 e. The van der Waals surface area contributed by atoms with Crippen LogP contribution in [0.25, 0.3) is 0 Å². The van der Waals surface area contributed by atoms with Crippen molar-refractivity contribution < 1.29 is 4.79 Å². The Kier molecular flexibility index (Phi) is 4.47. The van der Waals surface area contributed by atoms with Gasteiger partial charge in [-0.2, -0.15) is 0 Å². The maximum absolute atomic E-state index is 12.4. The molecule has 3 heterocycles. The number of fused-ring (bicyclic) bond motifs is 1. The highest BCUT2D eigenvalue weighted by atomic mass is 16.2. The second-order valence-electron chi connectivity index (χ2n) is 7.21. The Morgan fingerprint density at radius 1 is 1.32 bits per heavy atom. The Balaban J connectivity index is 1.70. The molecule has 6 heteroatoms. The van der Waals surface area contributed by atoms with Gasteiger partial charge in [-0.25, -0.2) is 0 Å². The summed E-state index contributed by atoms with van der Waals surface area (Å²) in [5.74, 6) is 1.98. The van der Waals surface area contributed by atoms with Gasteiger partial charge in [0.1, 0.15) is 5.82 Å². The summed E-state index contributed by atoms with van der Waals surface area (Å²) in [4.78, 5) is 12.4. The van der Waals surface area contributed by atoms with Crippen LogP contribution in [0.15, 0.2) is 0 Å². The van der Waals surface area contributed by atoms with Crippen LogP contribution >= 0.6 is 0 Å². The first-order valence-corrected chi connectivity index (χ1v) is 8.51. The minimum atomic E-state index is -0.0783. The molecule has 1 spiro atoms. The number of carbonyl (C=O) groups excluding carboxylic acids is 1. The number of amides is 1. The van der Waals surface area contributed by atoms with Crippen LogP contribution in [0, 0.1) is 11.3 Å². The zero-order valence-corrected chi connectivity index (χ0v) is 13.7. The number of hydrogen-bond donors (Lipinski definition) is 2. The van der Waals surface area contributed by atoms with Gasteiger partial charge in [0.25, 0.3) is 5.91 Å². The topological polar surface area (TPSA) is 71.8 Å². The summed E-state index contributed by atoms with van der Waals surface area (Å²) in [5, 5.41) is 14.8. The predicted molar refractivity (Wildman–Crippen MR) is 84.7 cm³/mol. The fourth-order valence-corrected chi connectivity index (χ4v) is 3.56. The number of nitrogens with zero attached hydrogens (tertiary/aromatic N) is 3. The maximum atomic E-state index is 12.4. The van der Waals surface area contributed by atoms with Crippen molar-refractivity contribution in [2.75, 3.05) is 19.6 Å². The van der Waals surface area contributed by atoms with Crippen LogP contribution in [-0.2, 0) is 13.0 Å². The van der Waals surface area contributed by atoms with Crippen LogP contribution in [-0.4, -0.2) is 40.3 Å². The van der Waals surface area contributed by atoms with Crippen molar-refractivity contribution in [3.63, 3.8) is 0 Å². The van der Waals surface area contributed by atoms with Crippen molar-refractivity contribution in [2.24, 2.45) is 11.3 Å². The number of carbonyl (C=O) groups is 1. The number of piperidine rings is 1. The van der Waals surface area contributed by atoms with Crippen molar-refractivity contribution in [3.05, 3.63) is 11.6 Å². The van der Waals surface area contributed by atoms with E-state index in [1.165, 1.54) is 19.3 Å². The highest BCUT2D eigenvalue weighted by molar-refractivity contribution is 5.90. The molecule has 1 fully saturated rings. The molecular formula is C16H27N5O. The van der Waals surface area contributed by atoms with Gasteiger partial charge >= 0.3 is 0 Å². The third kappa shape index (κ3) is 3.16. The normalized spacial score (nSPS) is 20.1. The first-order chi connectivity index (χ1) is 10.6. The van der Waals surface area contributed by atoms with Crippen LogP contribution in [0.1, 0.15) is 56.0 Å². The van der Waals surface area contributed by atoms with Crippen LogP contribution in [0.3, 0.4) is 0 Å². The molecule has 0 bridgehead atoms. The van der Waals surface area contributed by atoms with E-state index < -0.39 is 0 Å². The van der Waals surface area contributed by atoms with Crippen molar-refractivity contribution >= 4 is 5.91 Å². The third-order valence-electron chi connectivity index (χ3n) is 5.07. The Labute approximate surface area is 132 Å². The molecule has 6 nitrogen and oxygen atoms in total. The van der Waals surface area contributed by atoms with E-state index in [1.807, 2.05) is 0 Å². The standard InChI is InChI=1S/C16H27N5O/c1-12(2)4-8-18-15(22)14-20-19-13-3-5-16(11-21(13)14)6-9-17-10-7-16/h12,17H,3-11H2,1-2H3,(H,18,22). The van der Waals surface area contributed by atoms with Gasteiger partial charge in [-0.3, -0.25) is 4.79 Å². The molecule has 0 atom stereocenters. The molecule has 0 radical (unpaired) electrons. The molecule has 0 unspecified atom stereocenters. The van der Waals surface area contributed by atoms with Gasteiger partial charge in [-0.15, -0.1) is 10.2 Å². The summed E-state index contributed by atoms with van der Waals surface area (Å²) in [7, 11) is 0. The largest absolute Gasteiger partial charge is 0.349 e. The molecule has 0 aromatic carbocycles. The average Bonchev–Trinajstić information content (AvgIpc) is 2.90. The molecule has 1 saturated heterocycles. The average molecular weight is 305 g/mol. The molecule has 2 aliphatic rings. The summed E-state index contributed by atoms with van der Waals surface area (Å²) >= 11 is 0. The van der Waals surface area contributed by atoms with Gasteiger partial charge in [0.05, 0.1) is 0 Å². The Hall–Kier alpha value is -1.43. The smallest absolute Gasteiger partial charge is 0.289 e. The highest BCUT2D eigenvalue weighted by Crippen LogP contribution is 2.39. The number of nitrogens with one attached hydrogen (secondary N) is 2. The monoisotopic (exact) mass is 305 g/mol. The lowest BCUT2D eigenvalue weighted by atomic mass is 9.73. The van der Waals surface area contributed by atoms with Gasteiger partial charge in [0.2, 0.25) is 5.82 Å². The molecule has 0 saturated carbocycles. The summed E-state index contributed by atoms with van der Waals surface area (Å²) in [5.41, 5.74) is 0.327. The molecular weight excluding hydrogens is 278 g/mol. The summed E-state index contributed by atoms with van der Waals surface area (Å²) in [6.07, 6.45) is 5.45. The molecule has 1 aromatic rings. The molecule has 2 aliphatic heterocycles. The lowest BCUT2D eigenvalue weighted by Gasteiger charge is -2.41. The van der Waals surface area contributed by atoms with Gasteiger partial charge < -0.3 is 15.2 Å². The van der Waals surface area contributed by atoms with E-state index in [1.54, 1.807) is 0 Å². The van der Waals surface area contributed by atoms with E-state index in [0.29, 0.717) is 23.7 Å². The molecule has 0 aliphatic carbocycles. The van der Waals surface area contributed by atoms with Crippen molar-refractivity contribution in [1.82, 2.24) is 25.4 Å². The lowest BCUT2D eigenvalue weighted by molar-refractivity contribution is 0.0916. The first-order valence-electron chi connectivity index (χ1n) is 8.51. The zero-order chi connectivity index (χ0) is 15.6. The second-order valence-corrected chi connectivity index (χ2v) is 7.21. The number of hydrogen-bond acceptors (Lipinski definition) is 4. The van der Waals surface area contributed by atoms with Gasteiger partial charge in [-0.1, -0.05) is 13.8 Å². The van der Waals surface area contributed by atoms with Crippen LogP contribution in [0.5, 0.6) is 0 Å². The third-order valence-corrected chi connectivity index (χ3v) is 5.07. The zero-order valence-electron chi connectivity index (χ0n) is 13.7. The minimum absolute atomic E-state index is 0.0783. The highest BCUT2D eigenvalue weighted by Gasteiger charge is 2.38. The quantitative estimate of drug-likeness (QED) is 0.881. The van der Waals surface area contributed by atoms with E-state index in [0.717, 1.165) is 38.3 Å². The van der Waals surface area contributed by atoms with E-state index in [-0.39, 0.29) is 5.91 Å². The Morgan fingerprint density at radius 3 is 2.82 bits per heavy atom. The molecule has 122 valence electrons.